The van der Waals surface area contributed by atoms with Crippen LogP contribution in [0.4, 0.5) is 14.9 Å². The van der Waals surface area contributed by atoms with Gasteiger partial charge >= 0.3 is 6.09 Å². The fraction of sp³-hybridized carbons (Fsp3) is 0.250. The number of anilines is 1. The highest BCUT2D eigenvalue weighted by Crippen LogP contribution is 2.30. The lowest BCUT2D eigenvalue weighted by molar-refractivity contribution is -0.117. The van der Waals surface area contributed by atoms with E-state index in [1.54, 1.807) is 29.0 Å². The SMILES string of the molecule is CC(=O)CC[C@H]1CN(c2ccc(-c3ccc4ccnn4c3)c(F)c2)C(=O)O1. The number of nitrogens with zero attached hydrogens (tertiary/aromatic N) is 3. The van der Waals surface area contributed by atoms with Crippen molar-refractivity contribution in [2.75, 3.05) is 11.4 Å². The maximum atomic E-state index is 14.7. The highest BCUT2D eigenvalue weighted by atomic mass is 19.1. The molecule has 6 nitrogen and oxygen atoms in total. The molecule has 0 bridgehead atoms. The summed E-state index contributed by atoms with van der Waals surface area (Å²) in [7, 11) is 0. The monoisotopic (exact) mass is 367 g/mol. The van der Waals surface area contributed by atoms with Gasteiger partial charge in [-0.15, -0.1) is 0 Å². The Kier molecular flexibility index (Phi) is 4.35. The number of carbonyl (C=O) groups excluding carboxylic acids is 2. The number of amides is 1. The summed E-state index contributed by atoms with van der Waals surface area (Å²) >= 11 is 0. The van der Waals surface area contributed by atoms with E-state index in [0.29, 0.717) is 36.2 Å². The van der Waals surface area contributed by atoms with Crippen LogP contribution in [0.1, 0.15) is 19.8 Å². The molecular weight excluding hydrogens is 349 g/mol. The number of hydrogen-bond donors (Lipinski definition) is 0. The predicted molar refractivity (Wildman–Crippen MR) is 98.1 cm³/mol. The molecule has 1 aliphatic rings. The molecule has 0 radical (unpaired) electrons. The highest BCUT2D eigenvalue weighted by molar-refractivity contribution is 5.90. The van der Waals surface area contributed by atoms with Crippen LogP contribution in [0.25, 0.3) is 16.6 Å². The fourth-order valence-electron chi connectivity index (χ4n) is 3.23. The van der Waals surface area contributed by atoms with Crippen molar-refractivity contribution in [3.8, 4) is 11.1 Å². The Labute approximate surface area is 155 Å². The van der Waals surface area contributed by atoms with Crippen LogP contribution in [0.2, 0.25) is 0 Å². The number of aromatic nitrogens is 2. The summed E-state index contributed by atoms with van der Waals surface area (Å²) in [5, 5.41) is 4.16. The molecule has 1 aromatic carbocycles. The molecule has 3 heterocycles. The molecule has 138 valence electrons. The molecule has 1 amide bonds. The van der Waals surface area contributed by atoms with Crippen LogP contribution in [0.15, 0.2) is 48.8 Å². The van der Waals surface area contributed by atoms with E-state index in [2.05, 4.69) is 5.10 Å². The van der Waals surface area contributed by atoms with Crippen LogP contribution >= 0.6 is 0 Å². The first kappa shape index (κ1) is 17.2. The summed E-state index contributed by atoms with van der Waals surface area (Å²) in [4.78, 5) is 24.6. The first-order chi connectivity index (χ1) is 13.0. The molecule has 2 aromatic heterocycles. The minimum Gasteiger partial charge on any atom is -0.444 e. The molecule has 3 aromatic rings. The number of benzene rings is 1. The van der Waals surface area contributed by atoms with E-state index in [9.17, 15) is 14.0 Å². The van der Waals surface area contributed by atoms with Gasteiger partial charge in [0.1, 0.15) is 17.7 Å². The molecule has 7 heteroatoms. The summed E-state index contributed by atoms with van der Waals surface area (Å²) in [6.07, 6.45) is 3.40. The molecule has 0 spiro atoms. The summed E-state index contributed by atoms with van der Waals surface area (Å²) in [6, 6.07) is 10.2. The van der Waals surface area contributed by atoms with Crippen molar-refractivity contribution in [2.24, 2.45) is 0 Å². The summed E-state index contributed by atoms with van der Waals surface area (Å²) in [5.74, 6) is -0.381. The van der Waals surface area contributed by atoms with Crippen LogP contribution in [0.5, 0.6) is 0 Å². The maximum absolute atomic E-state index is 14.7. The Morgan fingerprint density at radius 3 is 2.93 bits per heavy atom. The van der Waals surface area contributed by atoms with Crippen molar-refractivity contribution in [3.63, 3.8) is 0 Å². The van der Waals surface area contributed by atoms with E-state index in [1.807, 2.05) is 18.2 Å². The Hall–Kier alpha value is -3.22. The molecule has 0 saturated carbocycles. The van der Waals surface area contributed by atoms with Crippen molar-refractivity contribution < 1.29 is 18.7 Å². The molecule has 1 aliphatic heterocycles. The topological polar surface area (TPSA) is 63.9 Å². The Balaban J connectivity index is 1.56. The Morgan fingerprint density at radius 1 is 1.30 bits per heavy atom. The Morgan fingerprint density at radius 2 is 2.15 bits per heavy atom. The zero-order valence-electron chi connectivity index (χ0n) is 14.8. The number of hydrogen-bond acceptors (Lipinski definition) is 4. The van der Waals surface area contributed by atoms with E-state index < -0.39 is 11.9 Å². The van der Waals surface area contributed by atoms with Gasteiger partial charge < -0.3 is 9.53 Å². The van der Waals surface area contributed by atoms with Gasteiger partial charge in [-0.25, -0.2) is 13.7 Å². The molecule has 1 atom stereocenters. The molecule has 1 fully saturated rings. The molecule has 4 rings (SSSR count). The molecule has 1 saturated heterocycles. The average Bonchev–Trinajstić information content (AvgIpc) is 3.25. The van der Waals surface area contributed by atoms with Crippen molar-refractivity contribution >= 4 is 23.1 Å². The third-order valence-electron chi connectivity index (χ3n) is 4.66. The predicted octanol–water partition coefficient (Wildman–Crippen LogP) is 3.83. The number of pyridine rings is 1. The van der Waals surface area contributed by atoms with Crippen LogP contribution in [-0.4, -0.2) is 34.1 Å². The largest absolute Gasteiger partial charge is 0.444 e. The summed E-state index contributed by atoms with van der Waals surface area (Å²) < 4.78 is 21.7. The first-order valence-electron chi connectivity index (χ1n) is 8.72. The van der Waals surface area contributed by atoms with Crippen LogP contribution in [0, 0.1) is 5.82 Å². The number of carbonyl (C=O) groups is 2. The minimum absolute atomic E-state index is 0.0500. The fourth-order valence-corrected chi connectivity index (χ4v) is 3.23. The molecule has 0 N–H and O–H groups in total. The third kappa shape index (κ3) is 3.40. The standard InChI is InChI=1S/C20H18FN3O3/c1-13(25)2-6-17-12-23(20(26)27-17)16-5-7-18(19(21)10-16)14-3-4-15-8-9-22-24(15)11-14/h3-5,7-11,17H,2,6,12H2,1H3/t17-/m0/s1. The van der Waals surface area contributed by atoms with Gasteiger partial charge in [0.25, 0.3) is 0 Å². The van der Waals surface area contributed by atoms with Gasteiger partial charge in [0.15, 0.2) is 0 Å². The number of rotatable bonds is 5. The second-order valence-corrected chi connectivity index (χ2v) is 6.64. The van der Waals surface area contributed by atoms with Crippen molar-refractivity contribution in [3.05, 3.63) is 54.6 Å². The Bertz CT molecular complexity index is 1030. The first-order valence-corrected chi connectivity index (χ1v) is 8.72. The summed E-state index contributed by atoms with van der Waals surface area (Å²) in [6.45, 7) is 1.81. The number of fused-ring (bicyclic) bond motifs is 1. The quantitative estimate of drug-likeness (QED) is 0.687. The normalized spacial score (nSPS) is 16.7. The van der Waals surface area contributed by atoms with Crippen molar-refractivity contribution in [1.82, 2.24) is 9.61 Å². The van der Waals surface area contributed by atoms with Gasteiger partial charge in [-0.05, 0) is 43.7 Å². The van der Waals surface area contributed by atoms with Crippen molar-refractivity contribution in [2.45, 2.75) is 25.9 Å². The lowest BCUT2D eigenvalue weighted by Crippen LogP contribution is -2.24. The number of halogens is 1. The second kappa shape index (κ2) is 6.83. The summed E-state index contributed by atoms with van der Waals surface area (Å²) in [5.41, 5.74) is 2.48. The number of ether oxygens (including phenoxy) is 1. The van der Waals surface area contributed by atoms with Crippen LogP contribution in [-0.2, 0) is 9.53 Å². The van der Waals surface area contributed by atoms with Gasteiger partial charge in [-0.3, -0.25) is 4.90 Å². The molecule has 27 heavy (non-hydrogen) atoms. The van der Waals surface area contributed by atoms with Gasteiger partial charge in [-0.1, -0.05) is 6.07 Å². The van der Waals surface area contributed by atoms with Gasteiger partial charge in [-0.2, -0.15) is 5.10 Å². The highest BCUT2D eigenvalue weighted by Gasteiger charge is 2.32. The van der Waals surface area contributed by atoms with E-state index in [1.165, 1.54) is 17.9 Å². The maximum Gasteiger partial charge on any atom is 0.414 e. The zero-order valence-corrected chi connectivity index (χ0v) is 14.8. The van der Waals surface area contributed by atoms with E-state index in [0.717, 1.165) is 5.52 Å². The second-order valence-electron chi connectivity index (χ2n) is 6.64. The molecule has 0 unspecified atom stereocenters. The van der Waals surface area contributed by atoms with Gasteiger partial charge in [0, 0.05) is 29.9 Å². The van der Waals surface area contributed by atoms with E-state index in [-0.39, 0.29) is 11.9 Å². The number of ketones is 1. The van der Waals surface area contributed by atoms with Crippen LogP contribution in [0.3, 0.4) is 0 Å². The lowest BCUT2D eigenvalue weighted by atomic mass is 10.1. The third-order valence-corrected chi connectivity index (χ3v) is 4.66. The lowest BCUT2D eigenvalue weighted by Gasteiger charge is -2.14. The van der Waals surface area contributed by atoms with Crippen molar-refractivity contribution in [1.29, 1.82) is 0 Å². The molecular formula is C20H18FN3O3. The smallest absolute Gasteiger partial charge is 0.414 e. The number of cyclic esters (lactones) is 1. The minimum atomic E-state index is -0.520. The van der Waals surface area contributed by atoms with E-state index >= 15 is 0 Å². The zero-order chi connectivity index (χ0) is 19.0. The van der Waals surface area contributed by atoms with Gasteiger partial charge in [0.05, 0.1) is 17.7 Å². The number of Topliss-reactive ketones (excluding diaryl/α,β-unsaturated/α-hetero) is 1. The van der Waals surface area contributed by atoms with Crippen LogP contribution < -0.4 is 4.90 Å². The van der Waals surface area contributed by atoms with E-state index in [4.69, 9.17) is 4.74 Å². The average molecular weight is 367 g/mol. The molecule has 0 aliphatic carbocycles. The van der Waals surface area contributed by atoms with Gasteiger partial charge in [0.2, 0.25) is 0 Å².